The van der Waals surface area contributed by atoms with E-state index in [-0.39, 0.29) is 0 Å². The molecule has 0 aromatic carbocycles. The first-order valence-electron chi connectivity index (χ1n) is 28.0. The van der Waals surface area contributed by atoms with Gasteiger partial charge in [-0.25, -0.2) is 0 Å². The number of hydrogen-bond acceptors (Lipinski definition) is 8. The average molecular weight is 898 g/mol. The Hall–Kier alpha value is -0.320. The molecule has 8 heteroatoms. The molecule has 0 N–H and O–H groups in total. The summed E-state index contributed by atoms with van der Waals surface area (Å²) in [5.41, 5.74) is 2.68. The lowest BCUT2D eigenvalue weighted by Gasteiger charge is -2.62. The third kappa shape index (κ3) is 14.8. The van der Waals surface area contributed by atoms with E-state index in [1.54, 1.807) is 0 Å². The molecule has 8 heterocycles. The van der Waals surface area contributed by atoms with E-state index in [1.165, 1.54) is 182 Å². The van der Waals surface area contributed by atoms with Gasteiger partial charge in [0.25, 0.3) is 0 Å². The maximum Gasteiger partial charge on any atom is 0.0212 e. The van der Waals surface area contributed by atoms with Gasteiger partial charge in [0.05, 0.1) is 0 Å². The van der Waals surface area contributed by atoms with Crippen molar-refractivity contribution in [3.05, 3.63) is 0 Å². The molecule has 0 aliphatic carbocycles. The third-order valence-corrected chi connectivity index (χ3v) is 18.6. The van der Waals surface area contributed by atoms with Gasteiger partial charge in [0.2, 0.25) is 0 Å². The Labute approximate surface area is 400 Å². The van der Waals surface area contributed by atoms with Crippen LogP contribution >= 0.6 is 0 Å². The summed E-state index contributed by atoms with van der Waals surface area (Å²) < 4.78 is 0. The van der Waals surface area contributed by atoms with Crippen molar-refractivity contribution in [2.45, 2.75) is 236 Å². The topological polar surface area (TPSA) is 25.9 Å². The molecule has 0 unspecified atom stereocenters. The summed E-state index contributed by atoms with van der Waals surface area (Å²) in [6, 6.07) is 5.89. The van der Waals surface area contributed by atoms with Gasteiger partial charge in [0.1, 0.15) is 0 Å². The van der Waals surface area contributed by atoms with Crippen molar-refractivity contribution in [2.75, 3.05) is 105 Å². The lowest BCUT2D eigenvalue weighted by molar-refractivity contribution is -0.135. The van der Waals surface area contributed by atoms with Gasteiger partial charge in [-0.15, -0.1) is 0 Å². The summed E-state index contributed by atoms with van der Waals surface area (Å²) in [7, 11) is 0. The Bertz CT molecular complexity index is 1220. The summed E-state index contributed by atoms with van der Waals surface area (Å²) >= 11 is 0. The number of piperidine rings is 6. The minimum Gasteiger partial charge on any atom is -0.301 e. The van der Waals surface area contributed by atoms with Crippen molar-refractivity contribution >= 4 is 0 Å². The van der Waals surface area contributed by atoms with Crippen LogP contribution in [-0.2, 0) is 0 Å². The highest BCUT2D eigenvalue weighted by atomic mass is 15.3. The van der Waals surface area contributed by atoms with Gasteiger partial charge in [-0.3, -0.25) is 9.80 Å². The van der Waals surface area contributed by atoms with E-state index < -0.39 is 0 Å². The van der Waals surface area contributed by atoms with Gasteiger partial charge < -0.3 is 29.4 Å². The van der Waals surface area contributed by atoms with Crippen molar-refractivity contribution in [3.8, 4) is 0 Å². The largest absolute Gasteiger partial charge is 0.301 e. The molecule has 0 amide bonds. The summed E-state index contributed by atoms with van der Waals surface area (Å²) in [5, 5.41) is 0. The molecule has 0 saturated carbocycles. The first-order chi connectivity index (χ1) is 30.1. The second-order valence-electron chi connectivity index (χ2n) is 25.9. The summed E-state index contributed by atoms with van der Waals surface area (Å²) in [6.07, 6.45) is 17.2. The van der Waals surface area contributed by atoms with Crippen LogP contribution in [0.15, 0.2) is 0 Å². The highest BCUT2D eigenvalue weighted by molar-refractivity contribution is 5.07. The molecule has 376 valence electrons. The summed E-state index contributed by atoms with van der Waals surface area (Å²) in [4.78, 5) is 21.2. The van der Waals surface area contributed by atoms with Crippen molar-refractivity contribution in [1.82, 2.24) is 39.2 Å². The molecule has 0 bridgehead atoms. The Balaban J connectivity index is 0.000000161. The van der Waals surface area contributed by atoms with Crippen LogP contribution in [0.3, 0.4) is 0 Å². The highest BCUT2D eigenvalue weighted by Gasteiger charge is 2.52. The molecule has 64 heavy (non-hydrogen) atoms. The van der Waals surface area contributed by atoms with Gasteiger partial charge >= 0.3 is 0 Å². The van der Waals surface area contributed by atoms with Gasteiger partial charge in [-0.1, -0.05) is 0 Å². The zero-order valence-electron chi connectivity index (χ0n) is 46.0. The van der Waals surface area contributed by atoms with E-state index in [2.05, 4.69) is 150 Å². The predicted molar refractivity (Wildman–Crippen MR) is 279 cm³/mol. The van der Waals surface area contributed by atoms with E-state index in [9.17, 15) is 0 Å². The van der Waals surface area contributed by atoms with Crippen molar-refractivity contribution in [3.63, 3.8) is 0 Å². The van der Waals surface area contributed by atoms with Gasteiger partial charge in [-0.05, 0) is 263 Å². The van der Waals surface area contributed by atoms with Crippen LogP contribution in [0.25, 0.3) is 0 Å². The minimum absolute atomic E-state index is 0.616. The molecule has 8 saturated heterocycles. The normalized spacial score (nSPS) is 27.4. The number of likely N-dealkylation sites (tertiary alicyclic amines) is 8. The van der Waals surface area contributed by atoms with Crippen molar-refractivity contribution in [2.24, 2.45) is 21.7 Å². The maximum atomic E-state index is 2.70. The van der Waals surface area contributed by atoms with Gasteiger partial charge in [-0.2, -0.15) is 0 Å². The fourth-order valence-electron chi connectivity index (χ4n) is 13.4. The lowest BCUT2D eigenvalue weighted by atomic mass is 9.71. The smallest absolute Gasteiger partial charge is 0.0212 e. The molecular weight excluding hydrogens is 785 g/mol. The molecule has 0 aromatic rings. The molecule has 8 rings (SSSR count). The Morgan fingerprint density at radius 2 is 0.422 bits per heavy atom. The minimum atomic E-state index is 0.616. The van der Waals surface area contributed by atoms with Crippen LogP contribution in [0.4, 0.5) is 0 Å². The molecule has 0 atom stereocenters. The van der Waals surface area contributed by atoms with Gasteiger partial charge in [0.15, 0.2) is 0 Å². The van der Waals surface area contributed by atoms with Gasteiger partial charge in [0, 0.05) is 99.6 Å². The first-order valence-corrected chi connectivity index (χ1v) is 28.0. The van der Waals surface area contributed by atoms with Crippen molar-refractivity contribution < 1.29 is 0 Å². The number of hydrogen-bond donors (Lipinski definition) is 0. The molecule has 4 spiro atoms. The molecule has 8 aliphatic rings. The molecule has 8 fully saturated rings. The number of rotatable bonds is 8. The van der Waals surface area contributed by atoms with E-state index in [0.29, 0.717) is 21.7 Å². The SMILES string of the molecule is CC(C)N1CC2(C1)CN(C(C)C)C2.CC(C)N1CCC2(CC1)CCN(C(C)C)CC2.CC(C)N1CCC2(CCCN(C(C)C)C2)CC1.CC(C)N1CCCC2(CCCN(C(C)C)C2)C1. The second-order valence-corrected chi connectivity index (χ2v) is 25.9. The molecule has 8 nitrogen and oxygen atoms in total. The monoisotopic (exact) mass is 897 g/mol. The van der Waals surface area contributed by atoms with E-state index in [4.69, 9.17) is 0 Å². The van der Waals surface area contributed by atoms with Crippen LogP contribution in [0.2, 0.25) is 0 Å². The standard InChI is InChI=1S/3C15H30N2.C11H22N2/c1-13(2)16-9-5-15(6-10-16)7-11-17(12-8-15)14(3)4;1-13(2)16-9-5-7-15(11-16)8-6-10-17(12-15)14(3)4;1-13(2)16-10-7-15(8-11-16)6-5-9-17(12-15)14(3)4;1-9(2)12-5-11(6-12)7-13(8-11)10(3)4/h3*13-14H,5-12H2,1-4H3;9-10H,5-8H2,1-4H3. The molecular formula is C56H112N8. The van der Waals surface area contributed by atoms with Crippen LogP contribution in [0.5, 0.6) is 0 Å². The Morgan fingerprint density at radius 3 is 0.688 bits per heavy atom. The predicted octanol–water partition coefficient (Wildman–Crippen LogP) is 10.4. The zero-order valence-corrected chi connectivity index (χ0v) is 46.0. The van der Waals surface area contributed by atoms with Crippen LogP contribution < -0.4 is 0 Å². The highest BCUT2D eigenvalue weighted by Crippen LogP contribution is 2.44. The van der Waals surface area contributed by atoms with Crippen LogP contribution in [0.1, 0.15) is 188 Å². The molecule has 0 aromatic heterocycles. The second kappa shape index (κ2) is 24.0. The maximum absolute atomic E-state index is 2.70. The van der Waals surface area contributed by atoms with E-state index in [0.717, 1.165) is 48.3 Å². The summed E-state index contributed by atoms with van der Waals surface area (Å²) in [5.74, 6) is 0. The molecule has 0 radical (unpaired) electrons. The zero-order chi connectivity index (χ0) is 47.0. The third-order valence-electron chi connectivity index (χ3n) is 18.6. The average Bonchev–Trinajstić information content (AvgIpc) is 3.21. The fourth-order valence-corrected chi connectivity index (χ4v) is 13.4. The Kier molecular flexibility index (Phi) is 20.5. The van der Waals surface area contributed by atoms with E-state index >= 15 is 0 Å². The van der Waals surface area contributed by atoms with Crippen LogP contribution in [0, 0.1) is 21.7 Å². The fraction of sp³-hybridized carbons (Fsp3) is 1.00. The number of nitrogens with zero attached hydrogens (tertiary/aromatic N) is 8. The lowest BCUT2D eigenvalue weighted by Crippen LogP contribution is -2.73. The van der Waals surface area contributed by atoms with Crippen LogP contribution in [-0.4, -0.2) is 192 Å². The van der Waals surface area contributed by atoms with E-state index in [1.807, 2.05) is 0 Å². The summed E-state index contributed by atoms with van der Waals surface area (Å²) in [6.45, 7) is 58.6. The molecule has 8 aliphatic heterocycles. The Morgan fingerprint density at radius 1 is 0.203 bits per heavy atom. The quantitative estimate of drug-likeness (QED) is 0.238. The van der Waals surface area contributed by atoms with Crippen molar-refractivity contribution in [1.29, 1.82) is 0 Å². The first kappa shape index (κ1) is 54.6.